The number of carbonyl (C=O) groups is 2. The Labute approximate surface area is 157 Å². The van der Waals surface area contributed by atoms with Gasteiger partial charge in [-0.15, -0.1) is 0 Å². The fraction of sp³-hybridized carbons (Fsp3) is 0.714. The summed E-state index contributed by atoms with van der Waals surface area (Å²) in [7, 11) is 0. The molecule has 2 heterocycles. The molecule has 2 fully saturated rings. The highest BCUT2D eigenvalue weighted by atomic mass is 16.2. The zero-order valence-electron chi connectivity index (χ0n) is 16.8. The van der Waals surface area contributed by atoms with E-state index < -0.39 is 0 Å². The molecule has 1 aliphatic carbocycles. The predicted octanol–water partition coefficient (Wildman–Crippen LogP) is 3.20. The van der Waals surface area contributed by atoms with Crippen molar-refractivity contribution in [3.8, 4) is 0 Å². The highest BCUT2D eigenvalue weighted by molar-refractivity contribution is 5.99. The van der Waals surface area contributed by atoms with E-state index in [0.29, 0.717) is 12.6 Å². The average Bonchev–Trinajstić information content (AvgIpc) is 3.41. The molecule has 144 valence electrons. The molecule has 26 heavy (non-hydrogen) atoms. The van der Waals surface area contributed by atoms with Gasteiger partial charge in [0.05, 0.1) is 6.54 Å². The maximum Gasteiger partial charge on any atom is 0.225 e. The van der Waals surface area contributed by atoms with E-state index in [1.165, 1.54) is 18.5 Å². The van der Waals surface area contributed by atoms with E-state index in [0.717, 1.165) is 50.3 Å². The highest BCUT2D eigenvalue weighted by Crippen LogP contribution is 2.38. The van der Waals surface area contributed by atoms with E-state index >= 15 is 0 Å². The highest BCUT2D eigenvalue weighted by Gasteiger charge is 2.30. The second-order valence-corrected chi connectivity index (χ2v) is 7.92. The van der Waals surface area contributed by atoms with Gasteiger partial charge in [0.1, 0.15) is 0 Å². The van der Waals surface area contributed by atoms with E-state index in [9.17, 15) is 9.59 Å². The summed E-state index contributed by atoms with van der Waals surface area (Å²) in [4.78, 5) is 29.5. The summed E-state index contributed by atoms with van der Waals surface area (Å²) >= 11 is 0. The lowest BCUT2D eigenvalue weighted by molar-refractivity contribution is -0.137. The van der Waals surface area contributed by atoms with Crippen molar-refractivity contribution in [3.05, 3.63) is 23.0 Å². The molecule has 0 aromatic carbocycles. The van der Waals surface area contributed by atoms with Gasteiger partial charge in [-0.25, -0.2) is 0 Å². The van der Waals surface area contributed by atoms with Gasteiger partial charge in [-0.05, 0) is 45.6 Å². The Morgan fingerprint density at radius 3 is 2.23 bits per heavy atom. The van der Waals surface area contributed by atoms with E-state index in [2.05, 4.69) is 43.2 Å². The van der Waals surface area contributed by atoms with Crippen molar-refractivity contribution >= 4 is 11.7 Å². The van der Waals surface area contributed by atoms with Crippen LogP contribution in [0.5, 0.6) is 0 Å². The normalized spacial score (nSPS) is 18.6. The van der Waals surface area contributed by atoms with Crippen molar-refractivity contribution < 1.29 is 9.59 Å². The molecule has 5 nitrogen and oxygen atoms in total. The number of hydrogen-bond acceptors (Lipinski definition) is 3. The van der Waals surface area contributed by atoms with Crippen molar-refractivity contribution in [2.75, 3.05) is 32.7 Å². The van der Waals surface area contributed by atoms with E-state index in [1.807, 2.05) is 4.90 Å². The number of hydrogen-bond donors (Lipinski definition) is 0. The summed E-state index contributed by atoms with van der Waals surface area (Å²) < 4.78 is 2.33. The van der Waals surface area contributed by atoms with Crippen LogP contribution in [-0.2, 0) is 4.79 Å². The number of aromatic nitrogens is 1. The monoisotopic (exact) mass is 359 g/mol. The van der Waals surface area contributed by atoms with Crippen molar-refractivity contribution in [2.24, 2.45) is 5.92 Å². The maximum atomic E-state index is 12.8. The predicted molar refractivity (Wildman–Crippen MR) is 104 cm³/mol. The molecule has 1 aromatic heterocycles. The molecular formula is C21H33N3O2. The zero-order chi connectivity index (χ0) is 18.8. The van der Waals surface area contributed by atoms with Crippen LogP contribution in [0.3, 0.4) is 0 Å². The summed E-state index contributed by atoms with van der Waals surface area (Å²) in [6.45, 7) is 11.9. The van der Waals surface area contributed by atoms with Gasteiger partial charge in [-0.3, -0.25) is 14.5 Å². The molecule has 0 atom stereocenters. The molecule has 0 radical (unpaired) electrons. The Kier molecular flexibility index (Phi) is 5.86. The lowest BCUT2D eigenvalue weighted by atomic mass is 10.0. The largest absolute Gasteiger partial charge is 0.345 e. The Morgan fingerprint density at radius 1 is 1.08 bits per heavy atom. The lowest BCUT2D eigenvalue weighted by Gasteiger charge is -2.36. The fourth-order valence-electron chi connectivity index (χ4n) is 4.26. The molecule has 1 amide bonds. The van der Waals surface area contributed by atoms with E-state index in [1.54, 1.807) is 0 Å². The van der Waals surface area contributed by atoms with Gasteiger partial charge in [0.25, 0.3) is 0 Å². The molecule has 0 spiro atoms. The first kappa shape index (κ1) is 19.2. The third-order valence-electron chi connectivity index (χ3n) is 6.08. The second-order valence-electron chi connectivity index (χ2n) is 7.92. The van der Waals surface area contributed by atoms with Crippen molar-refractivity contribution in [1.82, 2.24) is 14.4 Å². The first-order valence-corrected chi connectivity index (χ1v) is 10.2. The van der Waals surface area contributed by atoms with Gasteiger partial charge >= 0.3 is 0 Å². The minimum atomic E-state index is 0.149. The van der Waals surface area contributed by atoms with E-state index in [4.69, 9.17) is 0 Å². The Bertz CT molecular complexity index is 663. The minimum absolute atomic E-state index is 0.149. The number of nitrogens with zero attached hydrogens (tertiary/aromatic N) is 3. The van der Waals surface area contributed by atoms with Crippen molar-refractivity contribution in [3.63, 3.8) is 0 Å². The molecule has 0 bridgehead atoms. The van der Waals surface area contributed by atoms with Crippen LogP contribution in [0, 0.1) is 19.8 Å². The van der Waals surface area contributed by atoms with Crippen LogP contribution in [0.25, 0.3) is 0 Å². The first-order valence-electron chi connectivity index (χ1n) is 10.2. The smallest absolute Gasteiger partial charge is 0.225 e. The third-order valence-corrected chi connectivity index (χ3v) is 6.08. The number of Topliss-reactive ketones (excluding diaryl/α,β-unsaturated/α-hetero) is 1. The Morgan fingerprint density at radius 2 is 1.69 bits per heavy atom. The first-order chi connectivity index (χ1) is 12.5. The van der Waals surface area contributed by atoms with Crippen LogP contribution < -0.4 is 0 Å². The zero-order valence-corrected chi connectivity index (χ0v) is 16.8. The number of ketones is 1. The number of carbonyl (C=O) groups excluding carboxylic acids is 2. The van der Waals surface area contributed by atoms with Gasteiger partial charge < -0.3 is 9.47 Å². The Balaban J connectivity index is 1.56. The molecule has 5 heteroatoms. The van der Waals surface area contributed by atoms with E-state index in [-0.39, 0.29) is 17.6 Å². The SMILES string of the molecule is CCC(CC)C(=O)N1CCN(CC(=O)c2cc(C)n(C3CC3)c2C)CC1. The fourth-order valence-corrected chi connectivity index (χ4v) is 4.26. The molecule has 1 saturated heterocycles. The molecule has 3 rings (SSSR count). The molecule has 0 unspecified atom stereocenters. The molecule has 2 aliphatic rings. The number of amides is 1. The van der Waals surface area contributed by atoms with Crippen LogP contribution in [0.2, 0.25) is 0 Å². The van der Waals surface area contributed by atoms with Crippen LogP contribution in [0.15, 0.2) is 6.07 Å². The molecular weight excluding hydrogens is 326 g/mol. The standard InChI is InChI=1S/C21H33N3O2/c1-5-17(6-2)21(26)23-11-9-22(10-12-23)14-20(25)19-13-15(3)24(16(19)4)18-7-8-18/h13,17-18H,5-12,14H2,1-4H3. The summed E-state index contributed by atoms with van der Waals surface area (Å²) in [6.07, 6.45) is 4.28. The van der Waals surface area contributed by atoms with Gasteiger partial charge in [0, 0.05) is 55.1 Å². The number of piperazine rings is 1. The quantitative estimate of drug-likeness (QED) is 0.702. The summed E-state index contributed by atoms with van der Waals surface area (Å²) in [5.41, 5.74) is 3.21. The van der Waals surface area contributed by atoms with Gasteiger partial charge in [-0.2, -0.15) is 0 Å². The molecule has 1 aliphatic heterocycles. The topological polar surface area (TPSA) is 45.6 Å². The molecule has 1 aromatic rings. The third kappa shape index (κ3) is 3.88. The average molecular weight is 360 g/mol. The Hall–Kier alpha value is -1.62. The van der Waals surface area contributed by atoms with Gasteiger partial charge in [-0.1, -0.05) is 13.8 Å². The molecule has 0 N–H and O–H groups in total. The number of rotatable bonds is 7. The van der Waals surface area contributed by atoms with Crippen LogP contribution in [-0.4, -0.2) is 58.8 Å². The maximum absolute atomic E-state index is 12.8. The van der Waals surface area contributed by atoms with Crippen molar-refractivity contribution in [1.29, 1.82) is 0 Å². The van der Waals surface area contributed by atoms with Gasteiger partial charge in [0.2, 0.25) is 5.91 Å². The summed E-state index contributed by atoms with van der Waals surface area (Å²) in [5.74, 6) is 0.648. The van der Waals surface area contributed by atoms with Crippen LogP contribution >= 0.6 is 0 Å². The lowest BCUT2D eigenvalue weighted by Crippen LogP contribution is -2.51. The van der Waals surface area contributed by atoms with Crippen LogP contribution in [0.4, 0.5) is 0 Å². The molecule has 1 saturated carbocycles. The van der Waals surface area contributed by atoms with Crippen molar-refractivity contribution in [2.45, 2.75) is 59.4 Å². The van der Waals surface area contributed by atoms with Gasteiger partial charge in [0.15, 0.2) is 5.78 Å². The minimum Gasteiger partial charge on any atom is -0.345 e. The number of aryl methyl sites for hydroxylation is 1. The van der Waals surface area contributed by atoms with Crippen LogP contribution in [0.1, 0.15) is 67.3 Å². The summed E-state index contributed by atoms with van der Waals surface area (Å²) in [5, 5.41) is 0. The summed E-state index contributed by atoms with van der Waals surface area (Å²) in [6, 6.07) is 2.67. The second kappa shape index (κ2) is 7.95.